The number of hydrogen-bond donors (Lipinski definition) is 1. The molecule has 4 rings (SSSR count). The van der Waals surface area contributed by atoms with E-state index in [0.29, 0.717) is 11.6 Å². The fourth-order valence-corrected chi connectivity index (χ4v) is 2.21. The van der Waals surface area contributed by atoms with Gasteiger partial charge in [0.1, 0.15) is 0 Å². The number of amides is 1. The van der Waals surface area contributed by atoms with E-state index in [9.17, 15) is 9.18 Å². The van der Waals surface area contributed by atoms with Crippen LogP contribution in [0.5, 0.6) is 0 Å². The van der Waals surface area contributed by atoms with E-state index >= 15 is 0 Å². The van der Waals surface area contributed by atoms with Crippen LogP contribution in [0.2, 0.25) is 0 Å². The average Bonchev–Trinajstić information content (AvgIpc) is 3.10. The number of carbonyl (C=O) groups excluding carboxylic acids is 1. The molecule has 1 saturated carbocycles. The number of aromatic nitrogens is 4. The van der Waals surface area contributed by atoms with Gasteiger partial charge in [0.25, 0.3) is 5.91 Å². The van der Waals surface area contributed by atoms with Crippen LogP contribution < -0.4 is 5.32 Å². The summed E-state index contributed by atoms with van der Waals surface area (Å²) < 4.78 is 20.0. The summed E-state index contributed by atoms with van der Waals surface area (Å²) in [6, 6.07) is 4.43. The predicted octanol–water partition coefficient (Wildman–Crippen LogP) is 2.52. The Labute approximate surface area is 130 Å². The van der Waals surface area contributed by atoms with Crippen LogP contribution in [0, 0.1) is 5.82 Å². The third kappa shape index (κ3) is 2.70. The maximum absolute atomic E-state index is 13.7. The summed E-state index contributed by atoms with van der Waals surface area (Å²) in [5.41, 5.74) is 1.21. The van der Waals surface area contributed by atoms with Crippen molar-refractivity contribution >= 4 is 11.6 Å². The minimum absolute atomic E-state index is 0.0590. The van der Waals surface area contributed by atoms with E-state index in [4.69, 9.17) is 4.52 Å². The molecule has 0 radical (unpaired) electrons. The second-order valence-corrected chi connectivity index (χ2v) is 5.33. The number of anilines is 1. The van der Waals surface area contributed by atoms with Crippen molar-refractivity contribution < 1.29 is 13.7 Å². The van der Waals surface area contributed by atoms with E-state index in [-0.39, 0.29) is 11.6 Å². The number of rotatable bonds is 4. The first kappa shape index (κ1) is 13.6. The van der Waals surface area contributed by atoms with Crippen LogP contribution >= 0.6 is 0 Å². The molecule has 1 fully saturated rings. The van der Waals surface area contributed by atoms with Crippen molar-refractivity contribution in [2.24, 2.45) is 0 Å². The zero-order chi connectivity index (χ0) is 15.8. The fourth-order valence-electron chi connectivity index (χ4n) is 2.21. The molecule has 1 amide bonds. The van der Waals surface area contributed by atoms with Gasteiger partial charge in [-0.2, -0.15) is 5.10 Å². The molecule has 0 saturated heterocycles. The summed E-state index contributed by atoms with van der Waals surface area (Å²) in [6.07, 6.45) is 6.50. The molecule has 1 aliphatic carbocycles. The van der Waals surface area contributed by atoms with Crippen molar-refractivity contribution in [2.45, 2.75) is 18.8 Å². The number of nitrogens with zero attached hydrogens (tertiary/aromatic N) is 4. The van der Waals surface area contributed by atoms with Gasteiger partial charge in [-0.25, -0.2) is 14.1 Å². The first-order valence-electron chi connectivity index (χ1n) is 7.14. The second-order valence-electron chi connectivity index (χ2n) is 5.33. The Morgan fingerprint density at radius 2 is 2.30 bits per heavy atom. The van der Waals surface area contributed by atoms with Gasteiger partial charge < -0.3 is 9.84 Å². The summed E-state index contributed by atoms with van der Waals surface area (Å²) in [6.45, 7) is 0. The lowest BCUT2D eigenvalue weighted by Gasteiger charge is -2.00. The maximum Gasteiger partial charge on any atom is 0.294 e. The highest BCUT2D eigenvalue weighted by Gasteiger charge is 2.28. The van der Waals surface area contributed by atoms with Crippen LogP contribution in [0.15, 0.2) is 41.3 Å². The van der Waals surface area contributed by atoms with Gasteiger partial charge in [-0.15, -0.1) is 0 Å². The smallest absolute Gasteiger partial charge is 0.294 e. The number of carbonyl (C=O) groups is 1. The van der Waals surface area contributed by atoms with Crippen molar-refractivity contribution in [3.8, 4) is 5.82 Å². The number of nitrogens with one attached hydrogen (secondary N) is 1. The van der Waals surface area contributed by atoms with E-state index in [1.165, 1.54) is 35.4 Å². The molecule has 1 N–H and O–H groups in total. The Morgan fingerprint density at radius 1 is 1.43 bits per heavy atom. The minimum atomic E-state index is -0.502. The van der Waals surface area contributed by atoms with Crippen molar-refractivity contribution in [3.63, 3.8) is 0 Å². The Bertz CT molecular complexity index is 868. The van der Waals surface area contributed by atoms with Crippen molar-refractivity contribution in [1.82, 2.24) is 19.9 Å². The molecule has 23 heavy (non-hydrogen) atoms. The molecule has 3 aromatic heterocycles. The lowest BCUT2D eigenvalue weighted by Crippen LogP contribution is -2.10. The van der Waals surface area contributed by atoms with Gasteiger partial charge in [-0.1, -0.05) is 5.16 Å². The quantitative estimate of drug-likeness (QED) is 0.800. The highest BCUT2D eigenvalue weighted by molar-refractivity contribution is 6.02. The van der Waals surface area contributed by atoms with Crippen LogP contribution in [0.25, 0.3) is 5.82 Å². The predicted molar refractivity (Wildman–Crippen MR) is 77.7 cm³/mol. The van der Waals surface area contributed by atoms with Crippen molar-refractivity contribution in [1.29, 1.82) is 0 Å². The lowest BCUT2D eigenvalue weighted by molar-refractivity contribution is 0.0988. The van der Waals surface area contributed by atoms with Crippen LogP contribution in [0.4, 0.5) is 10.1 Å². The van der Waals surface area contributed by atoms with Crippen LogP contribution in [-0.4, -0.2) is 25.8 Å². The summed E-state index contributed by atoms with van der Waals surface area (Å²) in [5, 5.41) is 10.5. The highest BCUT2D eigenvalue weighted by atomic mass is 19.1. The molecular formula is C15H12FN5O2. The summed E-state index contributed by atoms with van der Waals surface area (Å²) in [4.78, 5) is 16.0. The molecule has 0 atom stereocenters. The average molecular weight is 313 g/mol. The van der Waals surface area contributed by atoms with Crippen molar-refractivity contribution in [3.05, 3.63) is 54.1 Å². The summed E-state index contributed by atoms with van der Waals surface area (Å²) in [5.74, 6) is -0.314. The molecule has 3 heterocycles. The molecule has 0 unspecified atom stereocenters. The molecular weight excluding hydrogens is 301 g/mol. The molecule has 7 nitrogen and oxygen atoms in total. The standard InChI is InChI=1S/C15H12FN5O2/c16-11-2-1-5-17-14(11)21-8-10(7-18-21)19-15(22)13-6-12(20-23-13)9-3-4-9/h1-2,5-9H,3-4H2,(H,19,22). The largest absolute Gasteiger partial charge is 0.351 e. The van der Waals surface area contributed by atoms with E-state index in [1.54, 1.807) is 6.07 Å². The molecule has 0 bridgehead atoms. The third-order valence-corrected chi connectivity index (χ3v) is 3.54. The topological polar surface area (TPSA) is 85.8 Å². The number of halogens is 1. The number of hydrogen-bond acceptors (Lipinski definition) is 5. The molecule has 8 heteroatoms. The monoisotopic (exact) mass is 313 g/mol. The number of pyridine rings is 1. The lowest BCUT2D eigenvalue weighted by atomic mass is 10.2. The molecule has 0 aliphatic heterocycles. The summed E-state index contributed by atoms with van der Waals surface area (Å²) in [7, 11) is 0. The fraction of sp³-hybridized carbons (Fsp3) is 0.200. The summed E-state index contributed by atoms with van der Waals surface area (Å²) >= 11 is 0. The van der Waals surface area contributed by atoms with E-state index in [0.717, 1.165) is 18.5 Å². The second kappa shape index (κ2) is 5.31. The normalized spacial score (nSPS) is 14.0. The maximum atomic E-state index is 13.7. The van der Waals surface area contributed by atoms with E-state index in [2.05, 4.69) is 20.6 Å². The minimum Gasteiger partial charge on any atom is -0.351 e. The Balaban J connectivity index is 1.50. The van der Waals surface area contributed by atoms with E-state index in [1.807, 2.05) is 0 Å². The Hall–Kier alpha value is -3.03. The zero-order valence-corrected chi connectivity index (χ0v) is 11.9. The van der Waals surface area contributed by atoms with E-state index < -0.39 is 11.7 Å². The SMILES string of the molecule is O=C(Nc1cnn(-c2ncccc2F)c1)c1cc(C2CC2)no1. The van der Waals surface area contributed by atoms with Gasteiger partial charge in [0.05, 0.1) is 23.8 Å². The molecule has 3 aromatic rings. The molecule has 116 valence electrons. The van der Waals surface area contributed by atoms with Crippen LogP contribution in [-0.2, 0) is 0 Å². The zero-order valence-electron chi connectivity index (χ0n) is 11.9. The van der Waals surface area contributed by atoms with Gasteiger partial charge in [-0.05, 0) is 25.0 Å². The molecule has 0 spiro atoms. The van der Waals surface area contributed by atoms with Crippen molar-refractivity contribution in [2.75, 3.05) is 5.32 Å². The third-order valence-electron chi connectivity index (χ3n) is 3.54. The highest BCUT2D eigenvalue weighted by Crippen LogP contribution is 2.39. The Morgan fingerprint density at radius 3 is 3.09 bits per heavy atom. The molecule has 0 aromatic carbocycles. The van der Waals surface area contributed by atoms with Gasteiger partial charge in [0, 0.05) is 18.2 Å². The van der Waals surface area contributed by atoms with Crippen LogP contribution in [0.1, 0.15) is 35.0 Å². The van der Waals surface area contributed by atoms with Crippen LogP contribution in [0.3, 0.4) is 0 Å². The Kier molecular flexibility index (Phi) is 3.14. The first-order valence-corrected chi connectivity index (χ1v) is 7.14. The van der Waals surface area contributed by atoms with Gasteiger partial charge in [0.2, 0.25) is 5.76 Å². The van der Waals surface area contributed by atoms with Gasteiger partial charge in [0.15, 0.2) is 11.6 Å². The first-order chi connectivity index (χ1) is 11.2. The molecule has 1 aliphatic rings. The van der Waals surface area contributed by atoms with Gasteiger partial charge >= 0.3 is 0 Å². The van der Waals surface area contributed by atoms with Gasteiger partial charge in [-0.3, -0.25) is 4.79 Å².